The van der Waals surface area contributed by atoms with Gasteiger partial charge in [-0.1, -0.05) is 30.3 Å². The molecule has 0 saturated carbocycles. The first-order valence-corrected chi connectivity index (χ1v) is 5.42. The minimum absolute atomic E-state index is 0.355. The van der Waals surface area contributed by atoms with Gasteiger partial charge in [0.1, 0.15) is 5.92 Å². The molecule has 1 aromatic heterocycles. The van der Waals surface area contributed by atoms with Crippen LogP contribution in [0, 0.1) is 0 Å². The molecule has 0 fully saturated rings. The number of aromatic nitrogens is 1. The minimum Gasteiger partial charge on any atom is -0.481 e. The fraction of sp³-hybridized carbons (Fsp3) is 0.154. The predicted molar refractivity (Wildman–Crippen MR) is 65.5 cm³/mol. The third-order valence-corrected chi connectivity index (χ3v) is 2.58. The van der Waals surface area contributed by atoms with Crippen LogP contribution in [0.3, 0.4) is 0 Å². The lowest BCUT2D eigenvalue weighted by Gasteiger charge is -2.15. The van der Waals surface area contributed by atoms with Crippen LogP contribution in [0.1, 0.15) is 11.5 Å². The van der Waals surface area contributed by atoms with E-state index < -0.39 is 11.9 Å². The number of benzene rings is 1. The maximum absolute atomic E-state index is 11.2. The topological polar surface area (TPSA) is 54.3 Å². The highest BCUT2D eigenvalue weighted by Gasteiger charge is 2.18. The summed E-state index contributed by atoms with van der Waals surface area (Å²) in [4.78, 5) is 11.2. The highest BCUT2D eigenvalue weighted by molar-refractivity contribution is 5.76. The maximum Gasteiger partial charge on any atom is 0.312 e. The fourth-order valence-electron chi connectivity index (χ4n) is 1.67. The monoisotopic (exact) mass is 230 g/mol. The summed E-state index contributed by atoms with van der Waals surface area (Å²) in [6.45, 7) is 0.355. The van der Waals surface area contributed by atoms with Crippen LogP contribution in [-0.4, -0.2) is 22.3 Å². The SMILES string of the molecule is O=C(O)C(CNn1cccc1)c1ccccc1. The highest BCUT2D eigenvalue weighted by Crippen LogP contribution is 2.15. The summed E-state index contributed by atoms with van der Waals surface area (Å²) in [5.41, 5.74) is 3.85. The number of nitrogens with zero attached hydrogens (tertiary/aromatic N) is 1. The van der Waals surface area contributed by atoms with E-state index >= 15 is 0 Å². The third kappa shape index (κ3) is 2.87. The number of carbonyl (C=O) groups is 1. The summed E-state index contributed by atoms with van der Waals surface area (Å²) in [6.07, 6.45) is 3.67. The molecule has 0 bridgehead atoms. The van der Waals surface area contributed by atoms with Gasteiger partial charge in [0.25, 0.3) is 0 Å². The maximum atomic E-state index is 11.2. The molecule has 1 heterocycles. The summed E-state index contributed by atoms with van der Waals surface area (Å²) >= 11 is 0. The number of carboxylic acid groups (broad SMARTS) is 1. The first-order valence-electron chi connectivity index (χ1n) is 5.42. The Balaban J connectivity index is 2.06. The molecule has 2 N–H and O–H groups in total. The molecule has 2 aromatic rings. The zero-order valence-corrected chi connectivity index (χ0v) is 9.28. The molecule has 0 aliphatic rings. The van der Waals surface area contributed by atoms with E-state index in [4.69, 9.17) is 0 Å². The summed E-state index contributed by atoms with van der Waals surface area (Å²) < 4.78 is 1.75. The van der Waals surface area contributed by atoms with Crippen LogP contribution in [0.2, 0.25) is 0 Å². The normalized spacial score (nSPS) is 12.0. The van der Waals surface area contributed by atoms with Crippen LogP contribution in [0.5, 0.6) is 0 Å². The number of nitrogens with one attached hydrogen (secondary N) is 1. The molecule has 1 atom stereocenters. The van der Waals surface area contributed by atoms with Gasteiger partial charge in [-0.15, -0.1) is 0 Å². The van der Waals surface area contributed by atoms with Crippen molar-refractivity contribution in [3.8, 4) is 0 Å². The van der Waals surface area contributed by atoms with Gasteiger partial charge in [-0.2, -0.15) is 0 Å². The van der Waals surface area contributed by atoms with Gasteiger partial charge >= 0.3 is 5.97 Å². The molecular weight excluding hydrogens is 216 g/mol. The van der Waals surface area contributed by atoms with E-state index in [-0.39, 0.29) is 0 Å². The van der Waals surface area contributed by atoms with Crippen LogP contribution < -0.4 is 5.43 Å². The first kappa shape index (κ1) is 11.3. The lowest BCUT2D eigenvalue weighted by Crippen LogP contribution is -2.25. The van der Waals surface area contributed by atoms with Gasteiger partial charge < -0.3 is 10.5 Å². The average molecular weight is 230 g/mol. The fourth-order valence-corrected chi connectivity index (χ4v) is 1.67. The van der Waals surface area contributed by atoms with Gasteiger partial charge in [0, 0.05) is 18.9 Å². The lowest BCUT2D eigenvalue weighted by atomic mass is 10.00. The molecule has 1 unspecified atom stereocenters. The van der Waals surface area contributed by atoms with Crippen molar-refractivity contribution in [1.82, 2.24) is 4.68 Å². The second-order valence-electron chi connectivity index (χ2n) is 3.75. The van der Waals surface area contributed by atoms with Crippen molar-refractivity contribution >= 4 is 5.97 Å². The van der Waals surface area contributed by atoms with Crippen molar-refractivity contribution in [2.24, 2.45) is 0 Å². The average Bonchev–Trinajstić information content (AvgIpc) is 2.83. The Morgan fingerprint density at radius 1 is 1.18 bits per heavy atom. The largest absolute Gasteiger partial charge is 0.481 e. The minimum atomic E-state index is -0.823. The van der Waals surface area contributed by atoms with Gasteiger partial charge in [-0.3, -0.25) is 9.47 Å². The number of rotatable bonds is 5. The van der Waals surface area contributed by atoms with E-state index in [1.165, 1.54) is 0 Å². The van der Waals surface area contributed by atoms with Crippen molar-refractivity contribution in [2.45, 2.75) is 5.92 Å². The van der Waals surface area contributed by atoms with E-state index in [0.29, 0.717) is 6.54 Å². The summed E-state index contributed by atoms with van der Waals surface area (Å²) in [7, 11) is 0. The number of aliphatic carboxylic acids is 1. The number of carboxylic acids is 1. The predicted octanol–water partition coefficient (Wildman–Crippen LogP) is 1.90. The molecule has 0 amide bonds. The molecule has 17 heavy (non-hydrogen) atoms. The molecule has 4 nitrogen and oxygen atoms in total. The summed E-state index contributed by atoms with van der Waals surface area (Å²) in [5, 5.41) is 9.21. The van der Waals surface area contributed by atoms with Crippen molar-refractivity contribution in [3.63, 3.8) is 0 Å². The van der Waals surface area contributed by atoms with Crippen LogP contribution in [0.4, 0.5) is 0 Å². The van der Waals surface area contributed by atoms with Crippen molar-refractivity contribution in [1.29, 1.82) is 0 Å². The van der Waals surface area contributed by atoms with E-state index in [9.17, 15) is 9.90 Å². The number of hydrogen-bond donors (Lipinski definition) is 2. The molecular formula is C13H14N2O2. The van der Waals surface area contributed by atoms with E-state index in [1.54, 1.807) is 4.68 Å². The molecule has 1 aromatic carbocycles. The third-order valence-electron chi connectivity index (χ3n) is 2.58. The van der Waals surface area contributed by atoms with Gasteiger partial charge in [-0.25, -0.2) is 0 Å². The zero-order valence-electron chi connectivity index (χ0n) is 9.28. The summed E-state index contributed by atoms with van der Waals surface area (Å²) in [5.74, 6) is -1.37. The van der Waals surface area contributed by atoms with Gasteiger partial charge in [0.2, 0.25) is 0 Å². The van der Waals surface area contributed by atoms with Crippen LogP contribution in [-0.2, 0) is 4.79 Å². The van der Waals surface area contributed by atoms with Crippen LogP contribution in [0.25, 0.3) is 0 Å². The van der Waals surface area contributed by atoms with Gasteiger partial charge in [0.05, 0.1) is 0 Å². The quantitative estimate of drug-likeness (QED) is 0.824. The molecule has 0 aliphatic heterocycles. The van der Waals surface area contributed by atoms with E-state index in [1.807, 2.05) is 54.9 Å². The Morgan fingerprint density at radius 2 is 1.82 bits per heavy atom. The molecule has 4 heteroatoms. The lowest BCUT2D eigenvalue weighted by molar-refractivity contribution is -0.138. The van der Waals surface area contributed by atoms with E-state index in [2.05, 4.69) is 5.43 Å². The van der Waals surface area contributed by atoms with Crippen LogP contribution >= 0.6 is 0 Å². The molecule has 2 rings (SSSR count). The second kappa shape index (κ2) is 5.21. The standard InChI is InChI=1S/C13H14N2O2/c16-13(17)12(11-6-2-1-3-7-11)10-14-15-8-4-5-9-15/h1-9,12,14H,10H2,(H,16,17). The Bertz CT molecular complexity index is 465. The smallest absolute Gasteiger partial charge is 0.312 e. The Hall–Kier alpha value is -2.23. The Kier molecular flexibility index (Phi) is 3.45. The molecule has 88 valence electrons. The molecule has 0 spiro atoms. The van der Waals surface area contributed by atoms with Gasteiger partial charge in [0.15, 0.2) is 0 Å². The second-order valence-corrected chi connectivity index (χ2v) is 3.75. The zero-order chi connectivity index (χ0) is 12.1. The highest BCUT2D eigenvalue weighted by atomic mass is 16.4. The van der Waals surface area contributed by atoms with Crippen molar-refractivity contribution < 1.29 is 9.90 Å². The van der Waals surface area contributed by atoms with Crippen molar-refractivity contribution in [3.05, 3.63) is 60.4 Å². The van der Waals surface area contributed by atoms with Crippen LogP contribution in [0.15, 0.2) is 54.9 Å². The molecule has 0 radical (unpaired) electrons. The number of hydrogen-bond acceptors (Lipinski definition) is 2. The molecule has 0 aliphatic carbocycles. The first-order chi connectivity index (χ1) is 8.27. The van der Waals surface area contributed by atoms with E-state index in [0.717, 1.165) is 5.56 Å². The van der Waals surface area contributed by atoms with Gasteiger partial charge in [-0.05, 0) is 17.7 Å². The summed E-state index contributed by atoms with van der Waals surface area (Å²) in [6, 6.07) is 13.0. The Morgan fingerprint density at radius 3 is 2.41 bits per heavy atom. The molecule has 0 saturated heterocycles. The Labute approximate surface area is 99.5 Å². The van der Waals surface area contributed by atoms with Crippen molar-refractivity contribution in [2.75, 3.05) is 12.0 Å².